The molecule has 0 unspecified atom stereocenters. The molecule has 0 radical (unpaired) electrons. The van der Waals surface area contributed by atoms with Gasteiger partial charge in [-0.1, -0.05) is 121 Å². The molecule has 4 aromatic carbocycles. The Hall–Kier alpha value is -1.51. The highest BCUT2D eigenvalue weighted by atomic mass is 79.9. The summed E-state index contributed by atoms with van der Waals surface area (Å²) in [6, 6.07) is 41.2. The molecule has 0 bridgehead atoms. The Bertz CT molecular complexity index is 1040. The minimum Gasteiger partial charge on any atom is -1.00 e. The zero-order valence-corrected chi connectivity index (χ0v) is 33.0. The van der Waals surface area contributed by atoms with E-state index in [-0.39, 0.29) is 50.9 Å². The standard InChI is InChI=1S/3C10H16N.C6H5Cl.3BrH/c3*1-11(2,3)9-10-7-5-4-6-8-10;7-6-4-2-1-3-5-6;;;/h3*4-8H,9H2,1-3H3;1-5H;3*1H/q3*+1;;;;/p-3. The lowest BCUT2D eigenvalue weighted by Crippen LogP contribution is -3.00. The molecular formula is C36H53Br3ClN3. The van der Waals surface area contributed by atoms with Crippen LogP contribution in [0.25, 0.3) is 0 Å². The van der Waals surface area contributed by atoms with E-state index in [1.54, 1.807) is 0 Å². The number of quaternary nitrogens is 3. The van der Waals surface area contributed by atoms with Crippen molar-refractivity contribution in [3.63, 3.8) is 0 Å². The highest BCUT2D eigenvalue weighted by molar-refractivity contribution is 6.30. The van der Waals surface area contributed by atoms with E-state index in [9.17, 15) is 0 Å². The molecule has 4 rings (SSSR count). The summed E-state index contributed by atoms with van der Waals surface area (Å²) in [5.74, 6) is 0. The molecule has 0 aliphatic heterocycles. The van der Waals surface area contributed by atoms with Crippen LogP contribution in [0.3, 0.4) is 0 Å². The third-order valence-corrected chi connectivity index (χ3v) is 5.48. The quantitative estimate of drug-likeness (QED) is 0.221. The Morgan fingerprint density at radius 1 is 0.349 bits per heavy atom. The first kappa shape index (κ1) is 45.9. The predicted octanol–water partition coefficient (Wildman–Crippen LogP) is -0.970. The first-order valence-corrected chi connectivity index (χ1v) is 14.2. The predicted molar refractivity (Wildman–Crippen MR) is 176 cm³/mol. The summed E-state index contributed by atoms with van der Waals surface area (Å²) < 4.78 is 2.97. The molecule has 0 N–H and O–H groups in total. The second kappa shape index (κ2) is 23.8. The number of halogens is 4. The first-order valence-electron chi connectivity index (χ1n) is 13.9. The van der Waals surface area contributed by atoms with Crippen LogP contribution >= 0.6 is 11.6 Å². The normalized spacial score (nSPS) is 10.3. The molecule has 7 heteroatoms. The monoisotopic (exact) mass is 799 g/mol. The maximum absolute atomic E-state index is 5.54. The van der Waals surface area contributed by atoms with E-state index in [0.29, 0.717) is 0 Å². The highest BCUT2D eigenvalue weighted by Gasteiger charge is 2.08. The molecular weight excluding hydrogens is 750 g/mol. The van der Waals surface area contributed by atoms with Crippen molar-refractivity contribution in [1.82, 2.24) is 0 Å². The van der Waals surface area contributed by atoms with Gasteiger partial charge >= 0.3 is 0 Å². The fourth-order valence-corrected chi connectivity index (χ4v) is 3.95. The minimum atomic E-state index is 0. The number of rotatable bonds is 6. The van der Waals surface area contributed by atoms with Crippen molar-refractivity contribution < 1.29 is 64.4 Å². The average molecular weight is 803 g/mol. The minimum absolute atomic E-state index is 0. The lowest BCUT2D eigenvalue weighted by atomic mass is 10.2. The van der Waals surface area contributed by atoms with E-state index >= 15 is 0 Å². The van der Waals surface area contributed by atoms with Crippen LogP contribution in [0.4, 0.5) is 0 Å². The number of nitrogens with zero attached hydrogens (tertiary/aromatic N) is 3. The van der Waals surface area contributed by atoms with Gasteiger partial charge in [0.05, 0.1) is 63.4 Å². The smallest absolute Gasteiger partial charge is 0.104 e. The summed E-state index contributed by atoms with van der Waals surface area (Å²) in [5, 5.41) is 0.794. The second-order valence-electron chi connectivity index (χ2n) is 13.1. The van der Waals surface area contributed by atoms with Crippen molar-refractivity contribution >= 4 is 11.6 Å². The Balaban J connectivity index is -0.000000490. The summed E-state index contributed by atoms with van der Waals surface area (Å²) in [5.41, 5.74) is 4.21. The molecule has 240 valence electrons. The number of benzene rings is 4. The van der Waals surface area contributed by atoms with E-state index in [4.69, 9.17) is 11.6 Å². The van der Waals surface area contributed by atoms with Gasteiger partial charge in [-0.3, -0.25) is 0 Å². The van der Waals surface area contributed by atoms with Crippen LogP contribution in [0.1, 0.15) is 16.7 Å². The molecule has 0 aromatic heterocycles. The first-order chi connectivity index (χ1) is 18.6. The maximum Gasteiger partial charge on any atom is 0.104 e. The van der Waals surface area contributed by atoms with Crippen molar-refractivity contribution in [3.05, 3.63) is 143 Å². The Morgan fingerprint density at radius 2 is 0.535 bits per heavy atom. The van der Waals surface area contributed by atoms with Crippen molar-refractivity contribution in [2.45, 2.75) is 19.6 Å². The summed E-state index contributed by atoms with van der Waals surface area (Å²) in [4.78, 5) is 0. The van der Waals surface area contributed by atoms with Crippen LogP contribution in [0.5, 0.6) is 0 Å². The van der Waals surface area contributed by atoms with Crippen molar-refractivity contribution in [2.75, 3.05) is 63.4 Å². The van der Waals surface area contributed by atoms with Crippen molar-refractivity contribution in [3.8, 4) is 0 Å². The SMILES string of the molecule is C[N+](C)(C)Cc1ccccc1.C[N+](C)(C)Cc1ccccc1.C[N+](C)(C)Cc1ccccc1.Clc1ccccc1.[Br-].[Br-].[Br-]. The van der Waals surface area contributed by atoms with E-state index < -0.39 is 0 Å². The number of hydrogen-bond acceptors (Lipinski definition) is 0. The van der Waals surface area contributed by atoms with Crippen LogP contribution < -0.4 is 50.9 Å². The van der Waals surface area contributed by atoms with Gasteiger partial charge in [-0.2, -0.15) is 0 Å². The van der Waals surface area contributed by atoms with E-state index in [2.05, 4.69) is 154 Å². The third kappa shape index (κ3) is 29.0. The molecule has 0 heterocycles. The van der Waals surface area contributed by atoms with E-state index in [0.717, 1.165) is 38.1 Å². The molecule has 4 aromatic rings. The lowest BCUT2D eigenvalue weighted by Gasteiger charge is -2.23. The molecule has 3 nitrogen and oxygen atoms in total. The molecule has 0 spiro atoms. The fraction of sp³-hybridized carbons (Fsp3) is 0.333. The zero-order chi connectivity index (χ0) is 30.1. The van der Waals surface area contributed by atoms with Gasteiger partial charge in [0.25, 0.3) is 0 Å². The highest BCUT2D eigenvalue weighted by Crippen LogP contribution is 2.07. The summed E-state index contributed by atoms with van der Waals surface area (Å²) in [7, 11) is 19.8. The largest absolute Gasteiger partial charge is 1.00 e. The molecule has 0 saturated heterocycles. The van der Waals surface area contributed by atoms with Crippen LogP contribution in [-0.2, 0) is 19.6 Å². The molecule has 0 atom stereocenters. The Kier molecular flexibility index (Phi) is 25.4. The molecule has 43 heavy (non-hydrogen) atoms. The van der Waals surface area contributed by atoms with Gasteiger partial charge in [0, 0.05) is 21.7 Å². The topological polar surface area (TPSA) is 0 Å². The maximum atomic E-state index is 5.54. The van der Waals surface area contributed by atoms with Gasteiger partial charge in [-0.05, 0) is 12.1 Å². The Labute approximate surface area is 300 Å². The van der Waals surface area contributed by atoms with E-state index in [1.807, 2.05) is 30.3 Å². The Morgan fingerprint density at radius 3 is 0.674 bits per heavy atom. The summed E-state index contributed by atoms with van der Waals surface area (Å²) in [6.45, 7) is 3.29. The lowest BCUT2D eigenvalue weighted by molar-refractivity contribution is -0.884. The van der Waals surface area contributed by atoms with Crippen molar-refractivity contribution in [2.24, 2.45) is 0 Å². The van der Waals surface area contributed by atoms with Gasteiger partial charge < -0.3 is 64.4 Å². The fourth-order valence-electron chi connectivity index (χ4n) is 3.81. The van der Waals surface area contributed by atoms with Crippen LogP contribution in [-0.4, -0.2) is 76.9 Å². The van der Waals surface area contributed by atoms with Gasteiger partial charge in [0.2, 0.25) is 0 Å². The van der Waals surface area contributed by atoms with Gasteiger partial charge in [-0.25, -0.2) is 0 Å². The van der Waals surface area contributed by atoms with Crippen LogP contribution in [0, 0.1) is 0 Å². The van der Waals surface area contributed by atoms with Crippen LogP contribution in [0.2, 0.25) is 5.02 Å². The average Bonchev–Trinajstić information content (AvgIpc) is 2.85. The molecule has 0 saturated carbocycles. The van der Waals surface area contributed by atoms with E-state index in [1.165, 1.54) is 16.7 Å². The third-order valence-electron chi connectivity index (χ3n) is 5.23. The second-order valence-corrected chi connectivity index (χ2v) is 13.5. The molecule has 0 fully saturated rings. The van der Waals surface area contributed by atoms with Gasteiger partial charge in [0.15, 0.2) is 0 Å². The zero-order valence-electron chi connectivity index (χ0n) is 27.5. The molecule has 0 aliphatic carbocycles. The van der Waals surface area contributed by atoms with Crippen LogP contribution in [0.15, 0.2) is 121 Å². The number of hydrogen-bond donors (Lipinski definition) is 0. The molecule has 0 aliphatic rings. The van der Waals surface area contributed by atoms with Crippen molar-refractivity contribution in [1.29, 1.82) is 0 Å². The molecule has 0 amide bonds. The summed E-state index contributed by atoms with van der Waals surface area (Å²) in [6.07, 6.45) is 0. The summed E-state index contributed by atoms with van der Waals surface area (Å²) >= 11 is 5.54. The van der Waals surface area contributed by atoms with Gasteiger partial charge in [0.1, 0.15) is 19.6 Å². The van der Waals surface area contributed by atoms with Gasteiger partial charge in [-0.15, -0.1) is 0 Å².